The van der Waals surface area contributed by atoms with Gasteiger partial charge in [-0.3, -0.25) is 14.8 Å². The van der Waals surface area contributed by atoms with Crippen LogP contribution in [0.4, 0.5) is 0 Å². The highest BCUT2D eigenvalue weighted by molar-refractivity contribution is 5.87. The molecule has 0 spiro atoms. The molecule has 0 aromatic heterocycles. The van der Waals surface area contributed by atoms with Gasteiger partial charge in [0.05, 0.1) is 0 Å². The minimum Gasteiger partial charge on any atom is -0.344 e. The molecule has 1 aromatic carbocycles. The number of carbonyl (C=O) groups is 2. The van der Waals surface area contributed by atoms with Crippen LogP contribution < -0.4 is 10.8 Å². The molecule has 0 fully saturated rings. The van der Waals surface area contributed by atoms with Gasteiger partial charge in [0.1, 0.15) is 6.04 Å². The maximum atomic E-state index is 11.5. The van der Waals surface area contributed by atoms with Crippen molar-refractivity contribution in [1.82, 2.24) is 10.8 Å². The van der Waals surface area contributed by atoms with E-state index in [9.17, 15) is 9.59 Å². The van der Waals surface area contributed by atoms with E-state index >= 15 is 0 Å². The Morgan fingerprint density at radius 1 is 1.28 bits per heavy atom. The lowest BCUT2D eigenvalue weighted by molar-refractivity contribution is -0.134. The Balaban J connectivity index is 2.67. The molecule has 5 nitrogen and oxygen atoms in total. The fourth-order valence-electron chi connectivity index (χ4n) is 1.63. The molecule has 0 saturated heterocycles. The fraction of sp³-hybridized carbons (Fsp3) is 0.385. The predicted octanol–water partition coefficient (Wildman–Crippen LogP) is 1.02. The molecule has 98 valence electrons. The van der Waals surface area contributed by atoms with Crippen molar-refractivity contribution in [2.45, 2.75) is 32.2 Å². The van der Waals surface area contributed by atoms with E-state index in [-0.39, 0.29) is 5.91 Å². The Labute approximate surface area is 106 Å². The van der Waals surface area contributed by atoms with Crippen LogP contribution in [0.3, 0.4) is 0 Å². The maximum absolute atomic E-state index is 11.5. The van der Waals surface area contributed by atoms with Crippen LogP contribution >= 0.6 is 0 Å². The first-order valence-corrected chi connectivity index (χ1v) is 5.94. The molecule has 0 aliphatic rings. The number of rotatable bonds is 6. The van der Waals surface area contributed by atoms with Crippen LogP contribution in [0.25, 0.3) is 0 Å². The SMILES string of the molecule is CCCC(=O)NC(Cc1ccccc1)C(=O)NO. The third kappa shape index (κ3) is 4.55. The van der Waals surface area contributed by atoms with Gasteiger partial charge in [0.25, 0.3) is 5.91 Å². The molecule has 0 bridgehead atoms. The first-order valence-electron chi connectivity index (χ1n) is 5.94. The average molecular weight is 250 g/mol. The maximum Gasteiger partial charge on any atom is 0.266 e. The zero-order valence-corrected chi connectivity index (χ0v) is 10.3. The average Bonchev–Trinajstić information content (AvgIpc) is 2.38. The van der Waals surface area contributed by atoms with E-state index in [4.69, 9.17) is 5.21 Å². The number of carbonyl (C=O) groups excluding carboxylic acids is 2. The van der Waals surface area contributed by atoms with Gasteiger partial charge >= 0.3 is 0 Å². The van der Waals surface area contributed by atoms with Crippen molar-refractivity contribution in [3.63, 3.8) is 0 Å². The van der Waals surface area contributed by atoms with Crippen LogP contribution in [0.1, 0.15) is 25.3 Å². The Kier molecular flexibility index (Phi) is 5.87. The van der Waals surface area contributed by atoms with Gasteiger partial charge in [-0.2, -0.15) is 0 Å². The second-order valence-corrected chi connectivity index (χ2v) is 4.04. The van der Waals surface area contributed by atoms with Gasteiger partial charge < -0.3 is 5.32 Å². The molecule has 1 unspecified atom stereocenters. The van der Waals surface area contributed by atoms with Crippen LogP contribution in [0.2, 0.25) is 0 Å². The van der Waals surface area contributed by atoms with Crippen LogP contribution in [-0.4, -0.2) is 23.1 Å². The molecule has 0 aliphatic heterocycles. The monoisotopic (exact) mass is 250 g/mol. The lowest BCUT2D eigenvalue weighted by Gasteiger charge is -2.16. The van der Waals surface area contributed by atoms with Crippen molar-refractivity contribution < 1.29 is 14.8 Å². The van der Waals surface area contributed by atoms with Gasteiger partial charge in [-0.1, -0.05) is 37.3 Å². The van der Waals surface area contributed by atoms with E-state index in [0.717, 1.165) is 5.56 Å². The topological polar surface area (TPSA) is 78.4 Å². The summed E-state index contributed by atoms with van der Waals surface area (Å²) in [5.74, 6) is -0.801. The number of benzene rings is 1. The summed E-state index contributed by atoms with van der Waals surface area (Å²) in [6.07, 6.45) is 1.43. The van der Waals surface area contributed by atoms with Gasteiger partial charge in [0.2, 0.25) is 5.91 Å². The molecule has 18 heavy (non-hydrogen) atoms. The lowest BCUT2D eigenvalue weighted by Crippen LogP contribution is -2.47. The Bertz CT molecular complexity index is 392. The molecule has 1 rings (SSSR count). The second-order valence-electron chi connectivity index (χ2n) is 4.04. The van der Waals surface area contributed by atoms with Crippen molar-refractivity contribution >= 4 is 11.8 Å². The van der Waals surface area contributed by atoms with E-state index < -0.39 is 11.9 Å². The molecular formula is C13H18N2O3. The molecule has 1 aromatic rings. The molecule has 5 heteroatoms. The lowest BCUT2D eigenvalue weighted by atomic mass is 10.1. The van der Waals surface area contributed by atoms with Gasteiger partial charge in [0, 0.05) is 12.8 Å². The molecular weight excluding hydrogens is 232 g/mol. The number of hydrogen-bond donors (Lipinski definition) is 3. The summed E-state index contributed by atoms with van der Waals surface area (Å²) < 4.78 is 0. The Hall–Kier alpha value is -1.88. The number of hydrogen-bond acceptors (Lipinski definition) is 3. The summed E-state index contributed by atoms with van der Waals surface area (Å²) >= 11 is 0. The van der Waals surface area contributed by atoms with Crippen molar-refractivity contribution in [1.29, 1.82) is 0 Å². The molecule has 0 aliphatic carbocycles. The summed E-state index contributed by atoms with van der Waals surface area (Å²) in [7, 11) is 0. The molecule has 0 radical (unpaired) electrons. The summed E-state index contributed by atoms with van der Waals surface area (Å²) in [5, 5.41) is 11.3. The highest BCUT2D eigenvalue weighted by Crippen LogP contribution is 2.04. The van der Waals surface area contributed by atoms with Gasteiger partial charge in [-0.15, -0.1) is 0 Å². The molecule has 0 saturated carbocycles. The van der Waals surface area contributed by atoms with Crippen LogP contribution in [0, 0.1) is 0 Å². The summed E-state index contributed by atoms with van der Waals surface area (Å²) in [4.78, 5) is 23.0. The van der Waals surface area contributed by atoms with Gasteiger partial charge in [0.15, 0.2) is 0 Å². The molecule has 1 atom stereocenters. The normalized spacial score (nSPS) is 11.7. The van der Waals surface area contributed by atoms with Crippen molar-refractivity contribution in [2.24, 2.45) is 0 Å². The largest absolute Gasteiger partial charge is 0.344 e. The van der Waals surface area contributed by atoms with Crippen molar-refractivity contribution in [3.8, 4) is 0 Å². The third-order valence-electron chi connectivity index (χ3n) is 2.52. The minimum absolute atomic E-state index is 0.193. The zero-order valence-electron chi connectivity index (χ0n) is 10.3. The third-order valence-corrected chi connectivity index (χ3v) is 2.52. The Morgan fingerprint density at radius 2 is 1.94 bits per heavy atom. The number of hydroxylamine groups is 1. The molecule has 3 N–H and O–H groups in total. The highest BCUT2D eigenvalue weighted by atomic mass is 16.5. The molecule has 2 amide bonds. The zero-order chi connectivity index (χ0) is 13.4. The van der Waals surface area contributed by atoms with Crippen LogP contribution in [0.15, 0.2) is 30.3 Å². The van der Waals surface area contributed by atoms with E-state index in [1.807, 2.05) is 37.3 Å². The van der Waals surface area contributed by atoms with Crippen LogP contribution in [0.5, 0.6) is 0 Å². The van der Waals surface area contributed by atoms with Gasteiger partial charge in [-0.05, 0) is 12.0 Å². The fourth-order valence-corrected chi connectivity index (χ4v) is 1.63. The van der Waals surface area contributed by atoms with E-state index in [1.54, 1.807) is 5.48 Å². The standard InChI is InChI=1S/C13H18N2O3/c1-2-6-12(16)14-11(13(17)15-18)9-10-7-4-3-5-8-10/h3-5,7-8,11,18H,2,6,9H2,1H3,(H,14,16)(H,15,17). The molecule has 0 heterocycles. The number of nitrogens with one attached hydrogen (secondary N) is 2. The van der Waals surface area contributed by atoms with Crippen molar-refractivity contribution in [2.75, 3.05) is 0 Å². The van der Waals surface area contributed by atoms with E-state index in [2.05, 4.69) is 5.32 Å². The highest BCUT2D eigenvalue weighted by Gasteiger charge is 2.20. The Morgan fingerprint density at radius 3 is 2.50 bits per heavy atom. The summed E-state index contributed by atoms with van der Waals surface area (Å²) in [6, 6.07) is 8.57. The first kappa shape index (κ1) is 14.2. The number of amides is 2. The summed E-state index contributed by atoms with van der Waals surface area (Å²) in [6.45, 7) is 1.89. The van der Waals surface area contributed by atoms with E-state index in [0.29, 0.717) is 19.3 Å². The van der Waals surface area contributed by atoms with Gasteiger partial charge in [-0.25, -0.2) is 5.48 Å². The predicted molar refractivity (Wildman–Crippen MR) is 66.9 cm³/mol. The first-order chi connectivity index (χ1) is 8.67. The smallest absolute Gasteiger partial charge is 0.266 e. The summed E-state index contributed by atoms with van der Waals surface area (Å²) in [5.41, 5.74) is 2.50. The minimum atomic E-state index is -0.753. The van der Waals surface area contributed by atoms with Crippen LogP contribution in [-0.2, 0) is 16.0 Å². The van der Waals surface area contributed by atoms with Crippen molar-refractivity contribution in [3.05, 3.63) is 35.9 Å². The second kappa shape index (κ2) is 7.45. The quantitative estimate of drug-likeness (QED) is 0.521. The van der Waals surface area contributed by atoms with E-state index in [1.165, 1.54) is 0 Å².